The van der Waals surface area contributed by atoms with E-state index in [1.165, 1.54) is 5.56 Å². The Morgan fingerprint density at radius 3 is 1.90 bits per heavy atom. The normalized spacial score (nSPS) is 12.1. The lowest BCUT2D eigenvalue weighted by Crippen LogP contribution is -2.01. The fourth-order valence-corrected chi connectivity index (χ4v) is 3.05. The highest BCUT2D eigenvalue weighted by atomic mass is 127. The fraction of sp³-hybridized carbons (Fsp3) is 0.0526. The summed E-state index contributed by atoms with van der Waals surface area (Å²) in [6.07, 6.45) is -0.581. The lowest BCUT2D eigenvalue weighted by Gasteiger charge is -2.14. The van der Waals surface area contributed by atoms with Crippen LogP contribution in [0.4, 0.5) is 0 Å². The molecule has 0 amide bonds. The number of aliphatic hydroxyl groups excluding tert-OH is 1. The number of hydrogen-bond donors (Lipinski definition) is 1. The van der Waals surface area contributed by atoms with Gasteiger partial charge in [-0.2, -0.15) is 0 Å². The van der Waals surface area contributed by atoms with Crippen LogP contribution in [0.25, 0.3) is 11.1 Å². The first kappa shape index (κ1) is 14.3. The molecule has 21 heavy (non-hydrogen) atoms. The topological polar surface area (TPSA) is 20.2 Å². The highest BCUT2D eigenvalue weighted by molar-refractivity contribution is 14.1. The highest BCUT2D eigenvalue weighted by Crippen LogP contribution is 2.28. The molecule has 1 atom stereocenters. The van der Waals surface area contributed by atoms with E-state index in [4.69, 9.17) is 0 Å². The third-order valence-electron chi connectivity index (χ3n) is 3.53. The molecule has 2 heteroatoms. The second-order valence-electron chi connectivity index (χ2n) is 4.91. The van der Waals surface area contributed by atoms with Gasteiger partial charge in [0.2, 0.25) is 0 Å². The number of aliphatic hydroxyl groups is 1. The van der Waals surface area contributed by atoms with Gasteiger partial charge in [0, 0.05) is 3.57 Å². The lowest BCUT2D eigenvalue weighted by molar-refractivity contribution is 0.219. The van der Waals surface area contributed by atoms with Gasteiger partial charge >= 0.3 is 0 Å². The summed E-state index contributed by atoms with van der Waals surface area (Å²) in [5, 5.41) is 10.5. The summed E-state index contributed by atoms with van der Waals surface area (Å²) in [4.78, 5) is 0. The zero-order chi connectivity index (χ0) is 14.7. The molecule has 0 saturated heterocycles. The maximum atomic E-state index is 10.5. The monoisotopic (exact) mass is 386 g/mol. The van der Waals surface area contributed by atoms with Crippen molar-refractivity contribution in [1.82, 2.24) is 0 Å². The standard InChI is InChI=1S/C19H15IO/c20-18-9-5-4-8-17(18)19(21)16-12-10-15(11-13-16)14-6-2-1-3-7-14/h1-13,19,21H. The number of rotatable bonds is 3. The van der Waals surface area contributed by atoms with Crippen LogP contribution < -0.4 is 0 Å². The van der Waals surface area contributed by atoms with Gasteiger partial charge in [0.1, 0.15) is 6.10 Å². The summed E-state index contributed by atoms with van der Waals surface area (Å²) in [5.74, 6) is 0. The summed E-state index contributed by atoms with van der Waals surface area (Å²) >= 11 is 2.26. The van der Waals surface area contributed by atoms with Gasteiger partial charge in [0.25, 0.3) is 0 Å². The minimum Gasteiger partial charge on any atom is -0.384 e. The molecule has 1 unspecified atom stereocenters. The van der Waals surface area contributed by atoms with Crippen molar-refractivity contribution in [2.45, 2.75) is 6.10 Å². The quantitative estimate of drug-likeness (QED) is 0.626. The Morgan fingerprint density at radius 2 is 1.24 bits per heavy atom. The van der Waals surface area contributed by atoms with Crippen LogP contribution in [-0.2, 0) is 0 Å². The van der Waals surface area contributed by atoms with Crippen molar-refractivity contribution in [2.24, 2.45) is 0 Å². The van der Waals surface area contributed by atoms with Crippen molar-refractivity contribution in [3.63, 3.8) is 0 Å². The fourth-order valence-electron chi connectivity index (χ4n) is 2.36. The Kier molecular flexibility index (Phi) is 4.36. The Hall–Kier alpha value is -1.65. The predicted molar refractivity (Wildman–Crippen MR) is 95.1 cm³/mol. The van der Waals surface area contributed by atoms with E-state index in [2.05, 4.69) is 46.9 Å². The molecule has 1 N–H and O–H groups in total. The van der Waals surface area contributed by atoms with E-state index in [9.17, 15) is 5.11 Å². The molecule has 104 valence electrons. The molecule has 0 aromatic heterocycles. The highest BCUT2D eigenvalue weighted by Gasteiger charge is 2.13. The number of hydrogen-bond acceptors (Lipinski definition) is 1. The van der Waals surface area contributed by atoms with Crippen LogP contribution in [-0.4, -0.2) is 5.11 Å². The Bertz CT molecular complexity index is 720. The van der Waals surface area contributed by atoms with Crippen molar-refractivity contribution < 1.29 is 5.11 Å². The van der Waals surface area contributed by atoms with E-state index >= 15 is 0 Å². The second kappa shape index (κ2) is 6.41. The summed E-state index contributed by atoms with van der Waals surface area (Å²) < 4.78 is 1.08. The molecule has 1 nitrogen and oxygen atoms in total. The molecule has 0 bridgehead atoms. The van der Waals surface area contributed by atoms with Crippen molar-refractivity contribution in [3.8, 4) is 11.1 Å². The van der Waals surface area contributed by atoms with E-state index in [1.54, 1.807) is 0 Å². The number of benzene rings is 3. The smallest absolute Gasteiger partial charge is 0.105 e. The molecule has 3 aromatic rings. The lowest BCUT2D eigenvalue weighted by atomic mass is 9.98. The molecule has 0 aliphatic carbocycles. The summed E-state index contributed by atoms with van der Waals surface area (Å²) in [5.41, 5.74) is 4.21. The molecule has 0 aliphatic heterocycles. The molecule has 0 heterocycles. The molecule has 0 fully saturated rings. The van der Waals surface area contributed by atoms with Gasteiger partial charge in [-0.1, -0.05) is 72.8 Å². The van der Waals surface area contributed by atoms with Crippen LogP contribution in [0.3, 0.4) is 0 Å². The van der Waals surface area contributed by atoms with Gasteiger partial charge in [-0.05, 0) is 50.9 Å². The summed E-state index contributed by atoms with van der Waals surface area (Å²) in [6, 6.07) is 26.3. The SMILES string of the molecule is OC(c1ccc(-c2ccccc2)cc1)c1ccccc1I. The van der Waals surface area contributed by atoms with Crippen LogP contribution in [0.15, 0.2) is 78.9 Å². The zero-order valence-corrected chi connectivity index (χ0v) is 13.6. The van der Waals surface area contributed by atoms with Crippen molar-refractivity contribution >= 4 is 22.6 Å². The maximum Gasteiger partial charge on any atom is 0.105 e. The summed E-state index contributed by atoms with van der Waals surface area (Å²) in [7, 11) is 0. The minimum atomic E-state index is -0.581. The predicted octanol–water partition coefficient (Wildman–Crippen LogP) is 5.04. The van der Waals surface area contributed by atoms with Crippen LogP contribution in [0, 0.1) is 3.57 Å². The molecule has 3 aromatic carbocycles. The number of halogens is 1. The molecule has 0 saturated carbocycles. The van der Waals surface area contributed by atoms with Crippen LogP contribution in [0.1, 0.15) is 17.2 Å². The van der Waals surface area contributed by atoms with Crippen molar-refractivity contribution in [1.29, 1.82) is 0 Å². The molecule has 0 radical (unpaired) electrons. The molecule has 3 rings (SSSR count). The van der Waals surface area contributed by atoms with Gasteiger partial charge in [-0.3, -0.25) is 0 Å². The van der Waals surface area contributed by atoms with E-state index in [-0.39, 0.29) is 0 Å². The van der Waals surface area contributed by atoms with E-state index in [0.29, 0.717) is 0 Å². The van der Waals surface area contributed by atoms with Crippen LogP contribution in [0.2, 0.25) is 0 Å². The second-order valence-corrected chi connectivity index (χ2v) is 6.07. The van der Waals surface area contributed by atoms with Crippen molar-refractivity contribution in [2.75, 3.05) is 0 Å². The van der Waals surface area contributed by atoms with Gasteiger partial charge < -0.3 is 5.11 Å². The average Bonchev–Trinajstić information content (AvgIpc) is 2.56. The van der Waals surface area contributed by atoms with E-state index in [1.807, 2.05) is 54.6 Å². The first-order chi connectivity index (χ1) is 10.3. The van der Waals surface area contributed by atoms with Gasteiger partial charge in [-0.25, -0.2) is 0 Å². The van der Waals surface area contributed by atoms with Crippen LogP contribution in [0.5, 0.6) is 0 Å². The minimum absolute atomic E-state index is 0.581. The molecule has 0 spiro atoms. The first-order valence-corrected chi connectivity index (χ1v) is 7.91. The maximum absolute atomic E-state index is 10.5. The van der Waals surface area contributed by atoms with E-state index in [0.717, 1.165) is 20.3 Å². The van der Waals surface area contributed by atoms with Crippen molar-refractivity contribution in [3.05, 3.63) is 93.6 Å². The Balaban J connectivity index is 1.89. The third-order valence-corrected chi connectivity index (χ3v) is 4.52. The Morgan fingerprint density at radius 1 is 0.667 bits per heavy atom. The molecular weight excluding hydrogens is 371 g/mol. The Labute approximate surface area is 138 Å². The summed E-state index contributed by atoms with van der Waals surface area (Å²) in [6.45, 7) is 0. The van der Waals surface area contributed by atoms with Gasteiger partial charge in [-0.15, -0.1) is 0 Å². The van der Waals surface area contributed by atoms with E-state index < -0.39 is 6.10 Å². The van der Waals surface area contributed by atoms with Gasteiger partial charge in [0.15, 0.2) is 0 Å². The van der Waals surface area contributed by atoms with Crippen LogP contribution >= 0.6 is 22.6 Å². The average molecular weight is 386 g/mol. The zero-order valence-electron chi connectivity index (χ0n) is 11.4. The first-order valence-electron chi connectivity index (χ1n) is 6.83. The van der Waals surface area contributed by atoms with Gasteiger partial charge in [0.05, 0.1) is 0 Å². The third kappa shape index (κ3) is 3.17. The largest absolute Gasteiger partial charge is 0.384 e. The molecule has 0 aliphatic rings. The molecular formula is C19H15IO.